The maximum absolute atomic E-state index is 10.4. The molecule has 0 fully saturated rings. The molecule has 21 heavy (non-hydrogen) atoms. The fourth-order valence-electron chi connectivity index (χ4n) is 2.23. The quantitative estimate of drug-likeness (QED) is 0.912. The zero-order valence-corrected chi connectivity index (χ0v) is 13.7. The van der Waals surface area contributed by atoms with Crippen LogP contribution in [-0.4, -0.2) is 22.0 Å². The van der Waals surface area contributed by atoms with Crippen LogP contribution >= 0.6 is 23.2 Å². The van der Waals surface area contributed by atoms with Crippen molar-refractivity contribution in [3.8, 4) is 5.75 Å². The first kappa shape index (κ1) is 16.1. The smallest absolute Gasteiger partial charge is 0.137 e. The number of aromatic nitrogens is 2. The van der Waals surface area contributed by atoms with Gasteiger partial charge >= 0.3 is 0 Å². The van der Waals surface area contributed by atoms with Crippen LogP contribution in [0, 0.1) is 0 Å². The Hall–Kier alpha value is -1.23. The van der Waals surface area contributed by atoms with E-state index >= 15 is 0 Å². The summed E-state index contributed by atoms with van der Waals surface area (Å²) in [6.45, 7) is 2.00. The van der Waals surface area contributed by atoms with Crippen molar-refractivity contribution in [2.24, 2.45) is 7.05 Å². The molecular formula is C15H18Cl2N2O2. The molecule has 2 aromatic rings. The number of halogens is 2. The van der Waals surface area contributed by atoms with Crippen molar-refractivity contribution in [2.75, 3.05) is 7.11 Å². The third kappa shape index (κ3) is 3.34. The van der Waals surface area contributed by atoms with Gasteiger partial charge < -0.3 is 9.84 Å². The van der Waals surface area contributed by atoms with E-state index < -0.39 is 6.10 Å². The third-order valence-electron chi connectivity index (χ3n) is 3.45. The second-order valence-corrected chi connectivity index (χ2v) is 5.58. The summed E-state index contributed by atoms with van der Waals surface area (Å²) in [4.78, 5) is 0. The molecule has 114 valence electrons. The van der Waals surface area contributed by atoms with Gasteiger partial charge in [0, 0.05) is 13.5 Å². The molecule has 2 rings (SSSR count). The minimum atomic E-state index is -0.703. The number of benzene rings is 1. The zero-order valence-electron chi connectivity index (χ0n) is 12.2. The molecule has 1 unspecified atom stereocenters. The van der Waals surface area contributed by atoms with Gasteiger partial charge in [0.1, 0.15) is 5.75 Å². The number of hydrogen-bond donors (Lipinski definition) is 1. The number of methoxy groups -OCH3 is 1. The number of nitrogens with zero attached hydrogens (tertiary/aromatic N) is 2. The molecular weight excluding hydrogens is 311 g/mol. The van der Waals surface area contributed by atoms with Gasteiger partial charge in [0.25, 0.3) is 0 Å². The molecule has 0 amide bonds. The van der Waals surface area contributed by atoms with E-state index in [0.717, 1.165) is 23.4 Å². The zero-order chi connectivity index (χ0) is 15.6. The van der Waals surface area contributed by atoms with Gasteiger partial charge in [0.2, 0.25) is 0 Å². The third-order valence-corrected chi connectivity index (χ3v) is 4.18. The molecule has 0 saturated heterocycles. The predicted molar refractivity (Wildman–Crippen MR) is 84.3 cm³/mol. The van der Waals surface area contributed by atoms with Crippen LogP contribution in [0.5, 0.6) is 5.75 Å². The highest BCUT2D eigenvalue weighted by molar-refractivity contribution is 6.32. The van der Waals surface area contributed by atoms with Crippen LogP contribution in [0.1, 0.15) is 30.0 Å². The van der Waals surface area contributed by atoms with E-state index in [0.29, 0.717) is 22.2 Å². The van der Waals surface area contributed by atoms with E-state index in [9.17, 15) is 5.11 Å². The Kier molecular flexibility index (Phi) is 5.14. The lowest BCUT2D eigenvalue weighted by Crippen LogP contribution is -2.07. The molecule has 1 aromatic carbocycles. The van der Waals surface area contributed by atoms with Crippen LogP contribution < -0.4 is 4.74 Å². The summed E-state index contributed by atoms with van der Waals surface area (Å²) in [6.07, 6.45) is 0.438. The first-order valence-corrected chi connectivity index (χ1v) is 7.45. The number of aliphatic hydroxyl groups is 1. The van der Waals surface area contributed by atoms with Crippen LogP contribution in [0.25, 0.3) is 0 Å². The lowest BCUT2D eigenvalue weighted by Gasteiger charge is -2.13. The summed E-state index contributed by atoms with van der Waals surface area (Å²) >= 11 is 12.4. The minimum Gasteiger partial charge on any atom is -0.495 e. The summed E-state index contributed by atoms with van der Waals surface area (Å²) in [6, 6.07) is 5.24. The van der Waals surface area contributed by atoms with Gasteiger partial charge in [-0.05, 0) is 24.1 Å². The van der Waals surface area contributed by atoms with Crippen molar-refractivity contribution in [3.05, 3.63) is 45.2 Å². The van der Waals surface area contributed by atoms with Crippen LogP contribution in [0.4, 0.5) is 0 Å². The van der Waals surface area contributed by atoms with Crippen molar-refractivity contribution >= 4 is 23.2 Å². The second kappa shape index (κ2) is 6.69. The Morgan fingerprint density at radius 2 is 2.10 bits per heavy atom. The first-order chi connectivity index (χ1) is 9.97. The van der Waals surface area contributed by atoms with E-state index in [2.05, 4.69) is 5.10 Å². The molecule has 0 radical (unpaired) electrons. The molecule has 0 saturated carbocycles. The van der Waals surface area contributed by atoms with Gasteiger partial charge in [0.15, 0.2) is 0 Å². The number of rotatable bonds is 5. The van der Waals surface area contributed by atoms with Gasteiger partial charge in [-0.25, -0.2) is 0 Å². The van der Waals surface area contributed by atoms with Gasteiger partial charge in [-0.2, -0.15) is 5.10 Å². The van der Waals surface area contributed by atoms with Crippen molar-refractivity contribution in [3.63, 3.8) is 0 Å². The Balaban J connectivity index is 2.24. The molecule has 1 aromatic heterocycles. The lowest BCUT2D eigenvalue weighted by atomic mass is 10.0. The average molecular weight is 329 g/mol. The molecule has 0 aliphatic carbocycles. The Morgan fingerprint density at radius 3 is 2.62 bits per heavy atom. The monoisotopic (exact) mass is 328 g/mol. The summed E-state index contributed by atoms with van der Waals surface area (Å²) in [5.41, 5.74) is 2.37. The van der Waals surface area contributed by atoms with Crippen molar-refractivity contribution < 1.29 is 9.84 Å². The molecule has 0 bridgehead atoms. The average Bonchev–Trinajstić information content (AvgIpc) is 2.74. The molecule has 1 heterocycles. The summed E-state index contributed by atoms with van der Waals surface area (Å²) in [5, 5.41) is 15.8. The standard InChI is InChI=1S/C15H18Cl2N2O2/c1-4-11-15(17)12(19(2)18-11)8-13(20)9-5-6-14(21-3)10(16)7-9/h5-7,13,20H,4,8H2,1-3H3. The number of hydrogen-bond acceptors (Lipinski definition) is 3. The molecule has 0 aliphatic rings. The van der Waals surface area contributed by atoms with E-state index in [4.69, 9.17) is 27.9 Å². The number of aliphatic hydroxyl groups excluding tert-OH is 1. The molecule has 1 N–H and O–H groups in total. The SMILES string of the molecule is CCc1nn(C)c(CC(O)c2ccc(OC)c(Cl)c2)c1Cl. The Bertz CT molecular complexity index is 641. The van der Waals surface area contributed by atoms with E-state index in [1.54, 1.807) is 30.0 Å². The maximum Gasteiger partial charge on any atom is 0.137 e. The van der Waals surface area contributed by atoms with E-state index in [1.807, 2.05) is 14.0 Å². The molecule has 0 spiro atoms. The summed E-state index contributed by atoms with van der Waals surface area (Å²) in [5.74, 6) is 0.583. The molecule has 1 atom stereocenters. The molecule has 6 heteroatoms. The number of ether oxygens (including phenoxy) is 1. The molecule has 0 aliphatic heterocycles. The topological polar surface area (TPSA) is 47.3 Å². The van der Waals surface area contributed by atoms with Gasteiger partial charge in [-0.3, -0.25) is 4.68 Å². The van der Waals surface area contributed by atoms with E-state index in [-0.39, 0.29) is 0 Å². The normalized spacial score (nSPS) is 12.5. The van der Waals surface area contributed by atoms with Crippen LogP contribution in [0.15, 0.2) is 18.2 Å². The Labute approximate surface area is 134 Å². The molecule has 4 nitrogen and oxygen atoms in total. The first-order valence-electron chi connectivity index (χ1n) is 6.69. The highest BCUT2D eigenvalue weighted by Gasteiger charge is 2.18. The van der Waals surface area contributed by atoms with Crippen LogP contribution in [0.3, 0.4) is 0 Å². The lowest BCUT2D eigenvalue weighted by molar-refractivity contribution is 0.175. The summed E-state index contributed by atoms with van der Waals surface area (Å²) in [7, 11) is 3.38. The fourth-order valence-corrected chi connectivity index (χ4v) is 2.87. The maximum atomic E-state index is 10.4. The van der Waals surface area contributed by atoms with Gasteiger partial charge in [0.05, 0.1) is 34.6 Å². The van der Waals surface area contributed by atoms with Crippen LogP contribution in [-0.2, 0) is 19.9 Å². The van der Waals surface area contributed by atoms with Gasteiger partial charge in [-0.1, -0.05) is 36.2 Å². The largest absolute Gasteiger partial charge is 0.495 e. The summed E-state index contributed by atoms with van der Waals surface area (Å²) < 4.78 is 6.82. The number of aryl methyl sites for hydroxylation is 2. The highest BCUT2D eigenvalue weighted by atomic mass is 35.5. The van der Waals surface area contributed by atoms with Crippen molar-refractivity contribution in [2.45, 2.75) is 25.9 Å². The fraction of sp³-hybridized carbons (Fsp3) is 0.400. The van der Waals surface area contributed by atoms with E-state index in [1.165, 1.54) is 0 Å². The van der Waals surface area contributed by atoms with Gasteiger partial charge in [-0.15, -0.1) is 0 Å². The minimum absolute atomic E-state index is 0.380. The van der Waals surface area contributed by atoms with Crippen molar-refractivity contribution in [1.29, 1.82) is 0 Å². The van der Waals surface area contributed by atoms with Crippen molar-refractivity contribution in [1.82, 2.24) is 9.78 Å². The van der Waals surface area contributed by atoms with Crippen LogP contribution in [0.2, 0.25) is 10.0 Å². The highest BCUT2D eigenvalue weighted by Crippen LogP contribution is 2.30. The predicted octanol–water partition coefficient (Wildman–Crippen LogP) is 3.57. The Morgan fingerprint density at radius 1 is 1.38 bits per heavy atom. The second-order valence-electron chi connectivity index (χ2n) is 4.80.